The summed E-state index contributed by atoms with van der Waals surface area (Å²) in [6, 6.07) is 0. The van der Waals surface area contributed by atoms with Gasteiger partial charge in [0.15, 0.2) is 10.9 Å². The molecule has 2 aromatic heterocycles. The van der Waals surface area contributed by atoms with Crippen LogP contribution in [0.1, 0.15) is 11.4 Å². The van der Waals surface area contributed by atoms with Crippen LogP contribution in [-0.4, -0.2) is 39.6 Å². The highest BCUT2D eigenvalue weighted by atomic mass is 32.2. The molecule has 0 atom stereocenters. The first-order chi connectivity index (χ1) is 8.94. The summed E-state index contributed by atoms with van der Waals surface area (Å²) in [7, 11) is -3.86. The Morgan fingerprint density at radius 2 is 2.26 bits per heavy atom. The van der Waals surface area contributed by atoms with Crippen molar-refractivity contribution in [2.24, 2.45) is 10.9 Å². The third kappa shape index (κ3) is 2.49. The molecule has 11 heteroatoms. The lowest BCUT2D eigenvalue weighted by Gasteiger charge is -2.05. The third-order valence-electron chi connectivity index (χ3n) is 2.23. The van der Waals surface area contributed by atoms with Crippen LogP contribution < -0.4 is 10.5 Å². The second kappa shape index (κ2) is 4.61. The lowest BCUT2D eigenvalue weighted by molar-refractivity contribution is 0.318. The molecule has 0 bridgehead atoms. The number of hydrogen-bond donors (Lipinski definition) is 5. The number of imidazole rings is 1. The molecular weight excluding hydrogens is 274 g/mol. The number of rotatable bonds is 4. The van der Waals surface area contributed by atoms with Gasteiger partial charge in [-0.3, -0.25) is 9.82 Å². The van der Waals surface area contributed by atoms with E-state index >= 15 is 0 Å². The van der Waals surface area contributed by atoms with Crippen LogP contribution in [0.15, 0.2) is 22.6 Å². The zero-order valence-electron chi connectivity index (χ0n) is 9.75. The zero-order chi connectivity index (χ0) is 14.0. The van der Waals surface area contributed by atoms with Gasteiger partial charge in [-0.1, -0.05) is 5.16 Å². The molecule has 0 amide bonds. The Bertz CT molecular complexity index is 714. The van der Waals surface area contributed by atoms with Gasteiger partial charge in [0.1, 0.15) is 11.6 Å². The molecule has 0 aliphatic carbocycles. The fourth-order valence-corrected chi connectivity index (χ4v) is 2.34. The number of aromatic amines is 2. The standard InChI is InChI=1S/C8H11N7O3S/c1-4-10-3-6(12-4)19(17,18)15-8-5(2-11-13-8)7(9)14-16/h2-3,16H,1H3,(H2,9,14)(H,10,12)(H2,11,13,15). The van der Waals surface area contributed by atoms with E-state index in [1.54, 1.807) is 6.92 Å². The SMILES string of the molecule is Cc1ncc(S(=O)(=O)Nc2[nH]ncc2C(N)=NO)[nH]1. The minimum Gasteiger partial charge on any atom is -0.409 e. The number of H-pyrrole nitrogens is 2. The van der Waals surface area contributed by atoms with E-state index in [0.717, 1.165) is 0 Å². The zero-order valence-corrected chi connectivity index (χ0v) is 10.6. The highest BCUT2D eigenvalue weighted by molar-refractivity contribution is 7.92. The van der Waals surface area contributed by atoms with Crippen molar-refractivity contribution in [2.45, 2.75) is 11.9 Å². The monoisotopic (exact) mass is 285 g/mol. The Hall–Kier alpha value is -2.56. The van der Waals surface area contributed by atoms with Crippen molar-refractivity contribution >= 4 is 21.7 Å². The van der Waals surface area contributed by atoms with Crippen LogP contribution in [-0.2, 0) is 10.0 Å². The molecule has 0 radical (unpaired) electrons. The molecule has 2 heterocycles. The molecule has 0 saturated heterocycles. The maximum Gasteiger partial charge on any atom is 0.280 e. The predicted octanol–water partition coefficient (Wildman–Crippen LogP) is -0.663. The van der Waals surface area contributed by atoms with E-state index < -0.39 is 10.0 Å². The van der Waals surface area contributed by atoms with Gasteiger partial charge in [-0.05, 0) is 6.92 Å². The Labute approximate surface area is 107 Å². The van der Waals surface area contributed by atoms with Gasteiger partial charge in [-0.15, -0.1) is 0 Å². The van der Waals surface area contributed by atoms with Crippen LogP contribution >= 0.6 is 0 Å². The minimum absolute atomic E-state index is 0.0115. The van der Waals surface area contributed by atoms with Crippen LogP contribution in [0, 0.1) is 6.92 Å². The summed E-state index contributed by atoms with van der Waals surface area (Å²) in [5.74, 6) is 0.177. The van der Waals surface area contributed by atoms with Crippen LogP contribution in [0.2, 0.25) is 0 Å². The Balaban J connectivity index is 2.34. The molecule has 0 fully saturated rings. The van der Waals surface area contributed by atoms with E-state index in [2.05, 4.69) is 30.0 Å². The molecule has 0 aliphatic rings. The number of hydrogen-bond acceptors (Lipinski definition) is 6. The topological polar surface area (TPSA) is 162 Å². The fraction of sp³-hybridized carbons (Fsp3) is 0.125. The van der Waals surface area contributed by atoms with Gasteiger partial charge < -0.3 is 15.9 Å². The van der Waals surface area contributed by atoms with Crippen molar-refractivity contribution in [1.29, 1.82) is 0 Å². The summed E-state index contributed by atoms with van der Waals surface area (Å²) in [5.41, 5.74) is 5.51. The number of anilines is 1. The van der Waals surface area contributed by atoms with E-state index in [1.165, 1.54) is 12.4 Å². The number of oxime groups is 1. The molecule has 10 nitrogen and oxygen atoms in total. The molecule has 0 unspecified atom stereocenters. The van der Waals surface area contributed by atoms with Gasteiger partial charge >= 0.3 is 0 Å². The molecular formula is C8H11N7O3S. The largest absolute Gasteiger partial charge is 0.409 e. The number of nitrogens with zero attached hydrogens (tertiary/aromatic N) is 3. The Morgan fingerprint density at radius 1 is 1.53 bits per heavy atom. The summed E-state index contributed by atoms with van der Waals surface area (Å²) < 4.78 is 26.2. The van der Waals surface area contributed by atoms with Gasteiger partial charge in [0, 0.05) is 0 Å². The average molecular weight is 285 g/mol. The van der Waals surface area contributed by atoms with Crippen molar-refractivity contribution in [3.8, 4) is 0 Å². The number of nitrogens with two attached hydrogens (primary N) is 1. The average Bonchev–Trinajstić information content (AvgIpc) is 2.97. The highest BCUT2D eigenvalue weighted by Crippen LogP contribution is 2.16. The molecule has 2 aromatic rings. The number of nitrogens with one attached hydrogen (secondary N) is 3. The summed E-state index contributed by atoms with van der Waals surface area (Å²) in [5, 5.41) is 17.3. The van der Waals surface area contributed by atoms with Gasteiger partial charge in [-0.25, -0.2) is 4.98 Å². The van der Waals surface area contributed by atoms with Crippen molar-refractivity contribution in [1.82, 2.24) is 20.2 Å². The van der Waals surface area contributed by atoms with Crippen molar-refractivity contribution in [3.05, 3.63) is 23.8 Å². The van der Waals surface area contributed by atoms with Gasteiger partial charge in [-0.2, -0.15) is 13.5 Å². The maximum absolute atomic E-state index is 12.0. The first kappa shape index (κ1) is 12.9. The number of sulfonamides is 1. The highest BCUT2D eigenvalue weighted by Gasteiger charge is 2.20. The molecule has 0 aliphatic heterocycles. The Kier molecular flexibility index (Phi) is 3.12. The van der Waals surface area contributed by atoms with Gasteiger partial charge in [0.25, 0.3) is 10.0 Å². The van der Waals surface area contributed by atoms with E-state index in [4.69, 9.17) is 10.9 Å². The molecule has 0 saturated carbocycles. The predicted molar refractivity (Wildman–Crippen MR) is 65.2 cm³/mol. The molecule has 6 N–H and O–H groups in total. The van der Waals surface area contributed by atoms with Crippen molar-refractivity contribution in [3.63, 3.8) is 0 Å². The quantitative estimate of drug-likeness (QED) is 0.216. The smallest absolute Gasteiger partial charge is 0.280 e. The number of amidine groups is 1. The van der Waals surface area contributed by atoms with E-state index in [9.17, 15) is 8.42 Å². The van der Waals surface area contributed by atoms with Crippen LogP contribution in [0.4, 0.5) is 5.82 Å². The minimum atomic E-state index is -3.86. The first-order valence-corrected chi connectivity index (χ1v) is 6.48. The maximum atomic E-state index is 12.0. The van der Waals surface area contributed by atoms with Crippen molar-refractivity contribution in [2.75, 3.05) is 4.72 Å². The summed E-state index contributed by atoms with van der Waals surface area (Å²) in [4.78, 5) is 6.38. The molecule has 2 rings (SSSR count). The van der Waals surface area contributed by atoms with Gasteiger partial charge in [0.2, 0.25) is 0 Å². The fourth-order valence-electron chi connectivity index (χ4n) is 1.34. The number of aryl methyl sites for hydroxylation is 1. The van der Waals surface area contributed by atoms with E-state index in [0.29, 0.717) is 5.82 Å². The number of aromatic nitrogens is 4. The van der Waals surface area contributed by atoms with Crippen LogP contribution in [0.25, 0.3) is 0 Å². The van der Waals surface area contributed by atoms with Gasteiger partial charge in [0.05, 0.1) is 18.0 Å². The second-order valence-corrected chi connectivity index (χ2v) is 5.23. The van der Waals surface area contributed by atoms with Crippen molar-refractivity contribution < 1.29 is 13.6 Å². The van der Waals surface area contributed by atoms with Crippen LogP contribution in [0.5, 0.6) is 0 Å². The Morgan fingerprint density at radius 3 is 2.84 bits per heavy atom. The van der Waals surface area contributed by atoms with E-state index in [1.807, 2.05) is 0 Å². The van der Waals surface area contributed by atoms with Crippen LogP contribution in [0.3, 0.4) is 0 Å². The second-order valence-electron chi connectivity index (χ2n) is 3.58. The lowest BCUT2D eigenvalue weighted by Crippen LogP contribution is -2.19. The third-order valence-corrected chi connectivity index (χ3v) is 3.49. The summed E-state index contributed by atoms with van der Waals surface area (Å²) in [6.45, 7) is 1.62. The lowest BCUT2D eigenvalue weighted by atomic mass is 10.3. The molecule has 0 aromatic carbocycles. The molecule has 19 heavy (non-hydrogen) atoms. The first-order valence-electron chi connectivity index (χ1n) is 4.99. The molecule has 0 spiro atoms. The van der Waals surface area contributed by atoms with E-state index in [-0.39, 0.29) is 22.2 Å². The summed E-state index contributed by atoms with van der Waals surface area (Å²) in [6.07, 6.45) is 2.41. The summed E-state index contributed by atoms with van der Waals surface area (Å²) >= 11 is 0. The normalized spacial score (nSPS) is 12.6. The molecule has 102 valence electrons.